The molecule has 21 heavy (non-hydrogen) atoms. The van der Waals surface area contributed by atoms with Crippen molar-refractivity contribution in [2.24, 2.45) is 0 Å². The first kappa shape index (κ1) is 16.0. The SMILES string of the molecule is CCC[C@]1(COC)CCCN1C(=O)Cc1ccc(C)nc1. The quantitative estimate of drug-likeness (QED) is 0.809. The molecule has 0 spiro atoms. The van der Waals surface area contributed by atoms with Crippen molar-refractivity contribution in [3.05, 3.63) is 29.6 Å². The largest absolute Gasteiger partial charge is 0.382 e. The van der Waals surface area contributed by atoms with Gasteiger partial charge in [0.2, 0.25) is 5.91 Å². The number of amides is 1. The zero-order chi connectivity index (χ0) is 15.3. The van der Waals surface area contributed by atoms with E-state index in [1.165, 1.54) is 0 Å². The van der Waals surface area contributed by atoms with Gasteiger partial charge in [0, 0.05) is 25.5 Å². The van der Waals surface area contributed by atoms with Gasteiger partial charge in [0.25, 0.3) is 0 Å². The minimum Gasteiger partial charge on any atom is -0.382 e. The van der Waals surface area contributed by atoms with Gasteiger partial charge in [-0.25, -0.2) is 0 Å². The lowest BCUT2D eigenvalue weighted by Crippen LogP contribution is -2.51. The summed E-state index contributed by atoms with van der Waals surface area (Å²) in [4.78, 5) is 19.0. The van der Waals surface area contributed by atoms with Crippen LogP contribution < -0.4 is 0 Å². The fourth-order valence-corrected chi connectivity index (χ4v) is 3.42. The molecule has 0 aliphatic carbocycles. The molecule has 0 bridgehead atoms. The van der Waals surface area contributed by atoms with Crippen molar-refractivity contribution in [2.45, 2.75) is 51.5 Å². The summed E-state index contributed by atoms with van der Waals surface area (Å²) in [6.45, 7) is 5.61. The highest BCUT2D eigenvalue weighted by molar-refractivity contribution is 5.79. The van der Waals surface area contributed by atoms with Gasteiger partial charge in [0.1, 0.15) is 0 Å². The summed E-state index contributed by atoms with van der Waals surface area (Å²) in [5.74, 6) is 0.198. The van der Waals surface area contributed by atoms with Crippen LogP contribution in [0, 0.1) is 6.92 Å². The lowest BCUT2D eigenvalue weighted by molar-refractivity contribution is -0.137. The average molecular weight is 290 g/mol. The van der Waals surface area contributed by atoms with Crippen LogP contribution in [0.3, 0.4) is 0 Å². The lowest BCUT2D eigenvalue weighted by atomic mass is 9.91. The van der Waals surface area contributed by atoms with Crippen molar-refractivity contribution >= 4 is 5.91 Å². The van der Waals surface area contributed by atoms with Gasteiger partial charge in [0.05, 0.1) is 18.6 Å². The van der Waals surface area contributed by atoms with Gasteiger partial charge in [-0.05, 0) is 37.8 Å². The van der Waals surface area contributed by atoms with Crippen LogP contribution in [0.1, 0.15) is 43.9 Å². The van der Waals surface area contributed by atoms with Gasteiger partial charge >= 0.3 is 0 Å². The van der Waals surface area contributed by atoms with E-state index in [4.69, 9.17) is 4.74 Å². The Morgan fingerprint density at radius 2 is 2.29 bits per heavy atom. The summed E-state index contributed by atoms with van der Waals surface area (Å²) in [5.41, 5.74) is 1.87. The maximum atomic E-state index is 12.7. The molecule has 0 unspecified atom stereocenters. The molecule has 4 nitrogen and oxygen atoms in total. The topological polar surface area (TPSA) is 42.4 Å². The molecule has 1 aromatic rings. The molecule has 1 aromatic heterocycles. The normalized spacial score (nSPS) is 21.8. The van der Waals surface area contributed by atoms with E-state index < -0.39 is 0 Å². The van der Waals surface area contributed by atoms with Crippen LogP contribution in [-0.2, 0) is 16.0 Å². The Bertz CT molecular complexity index is 464. The van der Waals surface area contributed by atoms with E-state index >= 15 is 0 Å². The van der Waals surface area contributed by atoms with E-state index in [0.717, 1.165) is 43.5 Å². The number of methoxy groups -OCH3 is 1. The Labute approximate surface area is 127 Å². The Morgan fingerprint density at radius 1 is 1.48 bits per heavy atom. The fourth-order valence-electron chi connectivity index (χ4n) is 3.42. The van der Waals surface area contributed by atoms with E-state index in [1.807, 2.05) is 19.1 Å². The molecular formula is C17H26N2O2. The van der Waals surface area contributed by atoms with E-state index in [2.05, 4.69) is 16.8 Å². The minimum absolute atomic E-state index is 0.0985. The zero-order valence-electron chi connectivity index (χ0n) is 13.4. The highest BCUT2D eigenvalue weighted by atomic mass is 16.5. The summed E-state index contributed by atoms with van der Waals surface area (Å²) >= 11 is 0. The predicted molar refractivity (Wildman–Crippen MR) is 83.1 cm³/mol. The van der Waals surface area contributed by atoms with E-state index in [-0.39, 0.29) is 11.4 Å². The van der Waals surface area contributed by atoms with Gasteiger partial charge < -0.3 is 9.64 Å². The third-order valence-corrected chi connectivity index (χ3v) is 4.35. The number of carbonyl (C=O) groups is 1. The Kier molecular flexibility index (Phi) is 5.34. The second kappa shape index (κ2) is 7.03. The van der Waals surface area contributed by atoms with Crippen molar-refractivity contribution in [3.63, 3.8) is 0 Å². The Hall–Kier alpha value is -1.42. The Balaban J connectivity index is 2.10. The number of pyridine rings is 1. The van der Waals surface area contributed by atoms with Gasteiger partial charge in [-0.2, -0.15) is 0 Å². The molecule has 116 valence electrons. The molecule has 0 radical (unpaired) electrons. The smallest absolute Gasteiger partial charge is 0.227 e. The summed E-state index contributed by atoms with van der Waals surface area (Å²) in [7, 11) is 1.72. The first-order valence-corrected chi connectivity index (χ1v) is 7.82. The minimum atomic E-state index is -0.0985. The highest BCUT2D eigenvalue weighted by Gasteiger charge is 2.42. The van der Waals surface area contributed by atoms with Gasteiger partial charge in [0.15, 0.2) is 0 Å². The molecule has 1 saturated heterocycles. The molecule has 1 amide bonds. The van der Waals surface area contributed by atoms with Crippen LogP contribution in [0.25, 0.3) is 0 Å². The third-order valence-electron chi connectivity index (χ3n) is 4.35. The van der Waals surface area contributed by atoms with Gasteiger partial charge in [-0.15, -0.1) is 0 Å². The molecule has 1 fully saturated rings. The maximum Gasteiger partial charge on any atom is 0.227 e. The number of rotatable bonds is 6. The van der Waals surface area contributed by atoms with E-state index in [1.54, 1.807) is 13.3 Å². The molecule has 1 aliphatic heterocycles. The first-order valence-electron chi connectivity index (χ1n) is 7.82. The lowest BCUT2D eigenvalue weighted by Gasteiger charge is -2.38. The van der Waals surface area contributed by atoms with Crippen LogP contribution >= 0.6 is 0 Å². The Morgan fingerprint density at radius 3 is 2.90 bits per heavy atom. The van der Waals surface area contributed by atoms with Crippen molar-refractivity contribution in [1.29, 1.82) is 0 Å². The molecule has 0 aromatic carbocycles. The van der Waals surface area contributed by atoms with Gasteiger partial charge in [-0.3, -0.25) is 9.78 Å². The average Bonchev–Trinajstić information content (AvgIpc) is 2.86. The molecule has 0 N–H and O–H groups in total. The van der Waals surface area contributed by atoms with Crippen molar-refractivity contribution in [3.8, 4) is 0 Å². The number of nitrogens with zero attached hydrogens (tertiary/aromatic N) is 2. The summed E-state index contributed by atoms with van der Waals surface area (Å²) < 4.78 is 5.42. The fraction of sp³-hybridized carbons (Fsp3) is 0.647. The maximum absolute atomic E-state index is 12.7. The van der Waals surface area contributed by atoms with E-state index in [9.17, 15) is 4.79 Å². The van der Waals surface area contributed by atoms with Crippen LogP contribution in [0.15, 0.2) is 18.3 Å². The summed E-state index contributed by atoms with van der Waals surface area (Å²) in [6, 6.07) is 3.95. The molecule has 1 atom stereocenters. The van der Waals surface area contributed by atoms with Crippen LogP contribution in [-0.4, -0.2) is 41.6 Å². The second-order valence-electron chi connectivity index (χ2n) is 6.04. The van der Waals surface area contributed by atoms with E-state index in [0.29, 0.717) is 13.0 Å². The second-order valence-corrected chi connectivity index (χ2v) is 6.04. The standard InChI is InChI=1S/C17H26N2O2/c1-4-8-17(13-21-3)9-5-10-19(17)16(20)11-15-7-6-14(2)18-12-15/h6-7,12H,4-5,8-11,13H2,1-3H3/t17-/m1/s1. The van der Waals surface area contributed by atoms with Crippen molar-refractivity contribution in [1.82, 2.24) is 9.88 Å². The molecule has 2 rings (SSSR count). The number of hydrogen-bond donors (Lipinski definition) is 0. The summed E-state index contributed by atoms with van der Waals surface area (Å²) in [5, 5.41) is 0. The zero-order valence-corrected chi connectivity index (χ0v) is 13.4. The monoisotopic (exact) mass is 290 g/mol. The molecule has 2 heterocycles. The number of ether oxygens (including phenoxy) is 1. The molecular weight excluding hydrogens is 264 g/mol. The number of likely N-dealkylation sites (tertiary alicyclic amines) is 1. The number of aryl methyl sites for hydroxylation is 1. The molecule has 4 heteroatoms. The van der Waals surface area contributed by atoms with Crippen LogP contribution in [0.5, 0.6) is 0 Å². The number of carbonyl (C=O) groups excluding carboxylic acids is 1. The first-order chi connectivity index (χ1) is 10.1. The van der Waals surface area contributed by atoms with Crippen LogP contribution in [0.4, 0.5) is 0 Å². The van der Waals surface area contributed by atoms with Crippen molar-refractivity contribution < 1.29 is 9.53 Å². The van der Waals surface area contributed by atoms with Crippen molar-refractivity contribution in [2.75, 3.05) is 20.3 Å². The van der Waals surface area contributed by atoms with Crippen LogP contribution in [0.2, 0.25) is 0 Å². The molecule has 0 saturated carbocycles. The summed E-state index contributed by atoms with van der Waals surface area (Å²) in [6.07, 6.45) is 6.44. The highest BCUT2D eigenvalue weighted by Crippen LogP contribution is 2.34. The van der Waals surface area contributed by atoms with Gasteiger partial charge in [-0.1, -0.05) is 19.4 Å². The third kappa shape index (κ3) is 3.62. The predicted octanol–water partition coefficient (Wildman–Crippen LogP) is 2.74. The number of aromatic nitrogens is 1. The number of hydrogen-bond acceptors (Lipinski definition) is 3. The molecule has 1 aliphatic rings.